The molecule has 2 aromatic rings. The van der Waals surface area contributed by atoms with Crippen LogP contribution >= 0.6 is 11.3 Å². The molecule has 0 saturated carbocycles. The smallest absolute Gasteiger partial charge is 0.244 e. The molecule has 3 N–H and O–H groups in total. The van der Waals surface area contributed by atoms with Gasteiger partial charge in [-0.2, -0.15) is 5.10 Å². The molecule has 0 fully saturated rings. The minimum absolute atomic E-state index is 0.245. The Balaban J connectivity index is 2.12. The van der Waals surface area contributed by atoms with Gasteiger partial charge in [-0.15, -0.1) is 11.3 Å². The highest BCUT2D eigenvalue weighted by molar-refractivity contribution is 7.89. The summed E-state index contributed by atoms with van der Waals surface area (Å²) in [4.78, 5) is 4.37. The van der Waals surface area contributed by atoms with Gasteiger partial charge in [0.25, 0.3) is 0 Å². The molecule has 2 heterocycles. The normalized spacial score (nSPS) is 12.0. The number of thiazole rings is 1. The lowest BCUT2D eigenvalue weighted by Crippen LogP contribution is -2.27. The second kappa shape index (κ2) is 6.65. The number of aromatic nitrogens is 3. The Morgan fingerprint density at radius 1 is 1.43 bits per heavy atom. The van der Waals surface area contributed by atoms with E-state index in [9.17, 15) is 8.42 Å². The molecule has 2 aromatic heterocycles. The van der Waals surface area contributed by atoms with Crippen molar-refractivity contribution in [2.45, 2.75) is 31.7 Å². The Kier molecular flexibility index (Phi) is 5.09. The van der Waals surface area contributed by atoms with Crippen LogP contribution in [0.5, 0.6) is 0 Å². The van der Waals surface area contributed by atoms with Crippen LogP contribution in [0.1, 0.15) is 16.4 Å². The summed E-state index contributed by atoms with van der Waals surface area (Å²) in [5.74, 6) is 0. The molecule has 21 heavy (non-hydrogen) atoms. The van der Waals surface area contributed by atoms with Gasteiger partial charge in [0.2, 0.25) is 10.0 Å². The minimum Gasteiger partial charge on any atom is -0.329 e. The Morgan fingerprint density at radius 2 is 2.19 bits per heavy atom. The lowest BCUT2D eigenvalue weighted by molar-refractivity contribution is 0.577. The van der Waals surface area contributed by atoms with E-state index in [2.05, 4.69) is 14.8 Å². The number of rotatable bonds is 7. The van der Waals surface area contributed by atoms with Crippen molar-refractivity contribution in [2.75, 3.05) is 13.1 Å². The Hall–Kier alpha value is -1.29. The van der Waals surface area contributed by atoms with Crippen LogP contribution in [-0.2, 0) is 23.0 Å². The zero-order valence-electron chi connectivity index (χ0n) is 12.0. The van der Waals surface area contributed by atoms with Crippen molar-refractivity contribution in [1.82, 2.24) is 19.5 Å². The van der Waals surface area contributed by atoms with Crippen molar-refractivity contribution in [3.8, 4) is 0 Å². The van der Waals surface area contributed by atoms with E-state index in [0.717, 1.165) is 5.01 Å². The van der Waals surface area contributed by atoms with E-state index in [-0.39, 0.29) is 4.90 Å². The fourth-order valence-electron chi connectivity index (χ4n) is 2.15. The molecule has 0 aliphatic carbocycles. The summed E-state index contributed by atoms with van der Waals surface area (Å²) >= 11 is 1.51. The van der Waals surface area contributed by atoms with E-state index in [4.69, 9.17) is 5.73 Å². The van der Waals surface area contributed by atoms with E-state index in [0.29, 0.717) is 37.4 Å². The van der Waals surface area contributed by atoms with Crippen LogP contribution in [0.2, 0.25) is 0 Å². The highest BCUT2D eigenvalue weighted by Gasteiger charge is 2.24. The summed E-state index contributed by atoms with van der Waals surface area (Å²) in [6.45, 7) is 4.66. The predicted octanol–water partition coefficient (Wildman–Crippen LogP) is 0.436. The van der Waals surface area contributed by atoms with Crippen molar-refractivity contribution in [1.29, 1.82) is 0 Å². The first-order chi connectivity index (χ1) is 9.95. The molecule has 116 valence electrons. The minimum atomic E-state index is -3.57. The van der Waals surface area contributed by atoms with E-state index >= 15 is 0 Å². The molecule has 0 aromatic carbocycles. The van der Waals surface area contributed by atoms with Gasteiger partial charge in [0.1, 0.15) is 4.90 Å². The highest BCUT2D eigenvalue weighted by atomic mass is 32.2. The molecule has 0 bridgehead atoms. The molecule has 0 radical (unpaired) electrons. The zero-order valence-corrected chi connectivity index (χ0v) is 13.7. The number of hydrogen-bond donors (Lipinski definition) is 2. The van der Waals surface area contributed by atoms with Gasteiger partial charge in [-0.3, -0.25) is 4.68 Å². The molecule has 0 atom stereocenters. The number of sulfonamides is 1. The summed E-state index contributed by atoms with van der Waals surface area (Å²) in [6, 6.07) is 0. The predicted molar refractivity (Wildman–Crippen MR) is 81.8 cm³/mol. The van der Waals surface area contributed by atoms with Gasteiger partial charge in [-0.25, -0.2) is 18.1 Å². The van der Waals surface area contributed by atoms with E-state index in [1.54, 1.807) is 24.7 Å². The first-order valence-corrected chi connectivity index (χ1v) is 8.94. The maximum Gasteiger partial charge on any atom is 0.244 e. The fraction of sp³-hybridized carbons (Fsp3) is 0.500. The number of hydrogen-bond acceptors (Lipinski definition) is 6. The van der Waals surface area contributed by atoms with Gasteiger partial charge in [0.05, 0.1) is 22.9 Å². The highest BCUT2D eigenvalue weighted by Crippen LogP contribution is 2.19. The zero-order chi connectivity index (χ0) is 15.5. The molecule has 2 rings (SSSR count). The molecule has 0 amide bonds. The Bertz CT molecular complexity index is 692. The van der Waals surface area contributed by atoms with Gasteiger partial charge in [0.15, 0.2) is 0 Å². The average Bonchev–Trinajstić information content (AvgIpc) is 2.99. The molecule has 0 unspecified atom stereocenters. The monoisotopic (exact) mass is 329 g/mol. The van der Waals surface area contributed by atoms with Gasteiger partial charge in [-0.05, 0) is 13.8 Å². The second-order valence-corrected chi connectivity index (χ2v) is 7.27. The van der Waals surface area contributed by atoms with E-state index in [1.807, 2.05) is 5.38 Å². The van der Waals surface area contributed by atoms with Crippen molar-refractivity contribution in [2.24, 2.45) is 5.73 Å². The van der Waals surface area contributed by atoms with Gasteiger partial charge < -0.3 is 5.73 Å². The number of aryl methyl sites for hydroxylation is 1. The number of nitrogens with one attached hydrogen (secondary N) is 1. The summed E-state index contributed by atoms with van der Waals surface area (Å²) < 4.78 is 29.0. The van der Waals surface area contributed by atoms with Crippen LogP contribution < -0.4 is 10.5 Å². The summed E-state index contributed by atoms with van der Waals surface area (Å²) in [5.41, 5.74) is 6.60. The molecule has 0 saturated heterocycles. The van der Waals surface area contributed by atoms with E-state index in [1.165, 1.54) is 11.3 Å². The number of nitrogens with zero attached hydrogens (tertiary/aromatic N) is 3. The molecule has 0 spiro atoms. The van der Waals surface area contributed by atoms with Gasteiger partial charge in [0, 0.05) is 31.1 Å². The van der Waals surface area contributed by atoms with Crippen LogP contribution in [0.3, 0.4) is 0 Å². The van der Waals surface area contributed by atoms with Crippen molar-refractivity contribution in [3.63, 3.8) is 0 Å². The molecule has 9 heteroatoms. The molecular formula is C12H19N5O2S2. The van der Waals surface area contributed by atoms with Gasteiger partial charge in [-0.1, -0.05) is 0 Å². The lowest BCUT2D eigenvalue weighted by atomic mass is 10.4. The third-order valence-corrected chi connectivity index (χ3v) is 5.59. The summed E-state index contributed by atoms with van der Waals surface area (Å²) in [7, 11) is -3.57. The topological polar surface area (TPSA) is 103 Å². The third-order valence-electron chi connectivity index (χ3n) is 3.04. The number of nitrogens with two attached hydrogens (primary N) is 1. The molecule has 0 aliphatic rings. The van der Waals surface area contributed by atoms with Crippen molar-refractivity contribution >= 4 is 21.4 Å². The molecular weight excluding hydrogens is 310 g/mol. The maximum absolute atomic E-state index is 12.4. The standard InChI is InChI=1S/C12H19N5O2S2/c1-9-12(10(2)17(16-9)7-4-13)21(18,19)15-5-3-11-14-6-8-20-11/h6,8,15H,3-5,7,13H2,1-2H3. The summed E-state index contributed by atoms with van der Waals surface area (Å²) in [5, 5.41) is 7.01. The lowest BCUT2D eigenvalue weighted by Gasteiger charge is -2.07. The first kappa shape index (κ1) is 16.1. The SMILES string of the molecule is Cc1nn(CCN)c(C)c1S(=O)(=O)NCCc1nccs1. The van der Waals surface area contributed by atoms with Crippen molar-refractivity contribution in [3.05, 3.63) is 28.0 Å². The largest absolute Gasteiger partial charge is 0.329 e. The van der Waals surface area contributed by atoms with Crippen LogP contribution in [0.4, 0.5) is 0 Å². The van der Waals surface area contributed by atoms with Crippen molar-refractivity contribution < 1.29 is 8.42 Å². The second-order valence-electron chi connectivity index (χ2n) is 4.59. The van der Waals surface area contributed by atoms with Crippen LogP contribution in [-0.4, -0.2) is 36.3 Å². The van der Waals surface area contributed by atoms with Crippen LogP contribution in [0.25, 0.3) is 0 Å². The van der Waals surface area contributed by atoms with E-state index < -0.39 is 10.0 Å². The summed E-state index contributed by atoms with van der Waals surface area (Å²) in [6.07, 6.45) is 2.28. The van der Waals surface area contributed by atoms with Crippen LogP contribution in [0.15, 0.2) is 16.5 Å². The molecule has 7 nitrogen and oxygen atoms in total. The molecule has 0 aliphatic heterocycles. The maximum atomic E-state index is 12.4. The quantitative estimate of drug-likeness (QED) is 0.767. The van der Waals surface area contributed by atoms with Crippen LogP contribution in [0, 0.1) is 13.8 Å². The third kappa shape index (κ3) is 3.67. The average molecular weight is 329 g/mol. The Morgan fingerprint density at radius 3 is 2.81 bits per heavy atom. The first-order valence-electron chi connectivity index (χ1n) is 6.58. The fourth-order valence-corrected chi connectivity index (χ4v) is 4.21. The Labute approximate surface area is 128 Å². The van der Waals surface area contributed by atoms with Gasteiger partial charge >= 0.3 is 0 Å².